The van der Waals surface area contributed by atoms with Crippen LogP contribution in [0.2, 0.25) is 0 Å². The standard InChI is InChI=1S/C14H13N3O2/c18-12-8-4-3-5-9(8)13(19)17(12)14-15-10-6-1-2-7-11(10)16-14/h1-2,6-9H,3-5H2,(H,15,16). The Morgan fingerprint density at radius 3 is 2.47 bits per heavy atom. The number of H-pyrrole nitrogens is 1. The lowest BCUT2D eigenvalue weighted by molar-refractivity contribution is -0.122. The molecule has 0 radical (unpaired) electrons. The summed E-state index contributed by atoms with van der Waals surface area (Å²) in [5.74, 6) is -0.0647. The summed E-state index contributed by atoms with van der Waals surface area (Å²) in [7, 11) is 0. The molecule has 2 aromatic rings. The Hall–Kier alpha value is -2.17. The second-order valence-corrected chi connectivity index (χ2v) is 5.23. The van der Waals surface area contributed by atoms with Gasteiger partial charge in [-0.1, -0.05) is 18.6 Å². The summed E-state index contributed by atoms with van der Waals surface area (Å²) in [6.45, 7) is 0. The van der Waals surface area contributed by atoms with E-state index in [0.717, 1.165) is 30.3 Å². The number of hydrogen-bond acceptors (Lipinski definition) is 3. The van der Waals surface area contributed by atoms with Gasteiger partial charge in [-0.05, 0) is 25.0 Å². The number of imidazole rings is 1. The van der Waals surface area contributed by atoms with E-state index in [0.29, 0.717) is 5.95 Å². The third kappa shape index (κ3) is 1.38. The zero-order chi connectivity index (χ0) is 13.0. The molecule has 0 bridgehead atoms. The lowest BCUT2D eigenvalue weighted by atomic mass is 10.00. The van der Waals surface area contributed by atoms with Crippen molar-refractivity contribution in [2.24, 2.45) is 11.8 Å². The first-order chi connectivity index (χ1) is 9.25. The highest BCUT2D eigenvalue weighted by atomic mass is 16.2. The average molecular weight is 255 g/mol. The molecule has 2 amide bonds. The van der Waals surface area contributed by atoms with Gasteiger partial charge in [-0.15, -0.1) is 0 Å². The number of fused-ring (bicyclic) bond motifs is 2. The number of nitrogens with one attached hydrogen (secondary N) is 1. The number of imide groups is 1. The lowest BCUT2D eigenvalue weighted by Gasteiger charge is -2.11. The first-order valence-electron chi connectivity index (χ1n) is 6.58. The average Bonchev–Trinajstić information content (AvgIpc) is 3.08. The van der Waals surface area contributed by atoms with Gasteiger partial charge >= 0.3 is 0 Å². The maximum Gasteiger partial charge on any atom is 0.240 e. The minimum absolute atomic E-state index is 0.0912. The summed E-state index contributed by atoms with van der Waals surface area (Å²) >= 11 is 0. The van der Waals surface area contributed by atoms with Crippen molar-refractivity contribution < 1.29 is 9.59 Å². The Morgan fingerprint density at radius 1 is 1.11 bits per heavy atom. The summed E-state index contributed by atoms with van der Waals surface area (Å²) in [6, 6.07) is 7.53. The van der Waals surface area contributed by atoms with E-state index < -0.39 is 0 Å². The topological polar surface area (TPSA) is 66.1 Å². The monoisotopic (exact) mass is 255 g/mol. The van der Waals surface area contributed by atoms with Crippen LogP contribution in [-0.2, 0) is 9.59 Å². The number of para-hydroxylation sites is 2. The predicted octanol–water partition coefficient (Wildman–Crippen LogP) is 1.85. The molecule has 2 heterocycles. The Balaban J connectivity index is 1.80. The Morgan fingerprint density at radius 2 is 1.79 bits per heavy atom. The van der Waals surface area contributed by atoms with Gasteiger partial charge in [-0.3, -0.25) is 9.59 Å². The van der Waals surface area contributed by atoms with Gasteiger partial charge in [0.05, 0.1) is 22.9 Å². The van der Waals surface area contributed by atoms with Gasteiger partial charge in [0.1, 0.15) is 0 Å². The van der Waals surface area contributed by atoms with Gasteiger partial charge in [0.2, 0.25) is 17.8 Å². The molecule has 0 spiro atoms. The molecule has 1 saturated heterocycles. The number of anilines is 1. The minimum atomic E-state index is -0.124. The van der Waals surface area contributed by atoms with Crippen LogP contribution in [0.15, 0.2) is 24.3 Å². The third-order valence-electron chi connectivity index (χ3n) is 4.18. The number of carbonyl (C=O) groups is 2. The minimum Gasteiger partial charge on any atom is -0.323 e. The number of amides is 2. The molecule has 2 aliphatic rings. The van der Waals surface area contributed by atoms with E-state index >= 15 is 0 Å². The molecule has 1 aromatic heterocycles. The van der Waals surface area contributed by atoms with Crippen LogP contribution in [-0.4, -0.2) is 21.8 Å². The molecular weight excluding hydrogens is 242 g/mol. The van der Waals surface area contributed by atoms with Crippen LogP contribution in [0.5, 0.6) is 0 Å². The van der Waals surface area contributed by atoms with Crippen LogP contribution in [0, 0.1) is 11.8 Å². The normalized spacial score (nSPS) is 26.4. The van der Waals surface area contributed by atoms with Gasteiger partial charge in [0.15, 0.2) is 0 Å². The highest BCUT2D eigenvalue weighted by Crippen LogP contribution is 2.41. The lowest BCUT2D eigenvalue weighted by Crippen LogP contribution is -2.32. The quantitative estimate of drug-likeness (QED) is 0.791. The van der Waals surface area contributed by atoms with E-state index in [2.05, 4.69) is 9.97 Å². The summed E-state index contributed by atoms with van der Waals surface area (Å²) < 4.78 is 0. The van der Waals surface area contributed by atoms with Gasteiger partial charge in [-0.25, -0.2) is 9.88 Å². The maximum absolute atomic E-state index is 12.3. The zero-order valence-corrected chi connectivity index (χ0v) is 10.3. The van der Waals surface area contributed by atoms with E-state index in [4.69, 9.17) is 0 Å². The molecule has 4 rings (SSSR count). The molecule has 1 aliphatic heterocycles. The van der Waals surface area contributed by atoms with Gasteiger partial charge in [0, 0.05) is 0 Å². The number of aromatic nitrogens is 2. The Bertz CT molecular complexity index is 636. The van der Waals surface area contributed by atoms with Gasteiger partial charge < -0.3 is 4.98 Å². The van der Waals surface area contributed by atoms with Crippen LogP contribution in [0.25, 0.3) is 11.0 Å². The molecule has 96 valence electrons. The Labute approximate surface area is 109 Å². The largest absolute Gasteiger partial charge is 0.323 e. The van der Waals surface area contributed by atoms with Crippen LogP contribution in [0.1, 0.15) is 19.3 Å². The van der Waals surface area contributed by atoms with Gasteiger partial charge in [-0.2, -0.15) is 0 Å². The molecule has 1 aromatic carbocycles. The number of hydrogen-bond donors (Lipinski definition) is 1. The van der Waals surface area contributed by atoms with E-state index in [9.17, 15) is 9.59 Å². The number of rotatable bonds is 1. The van der Waals surface area contributed by atoms with E-state index in [-0.39, 0.29) is 23.7 Å². The van der Waals surface area contributed by atoms with Crippen molar-refractivity contribution in [3.63, 3.8) is 0 Å². The van der Waals surface area contributed by atoms with E-state index in [1.165, 1.54) is 4.90 Å². The van der Waals surface area contributed by atoms with Crippen molar-refractivity contribution >= 4 is 28.8 Å². The third-order valence-corrected chi connectivity index (χ3v) is 4.18. The molecule has 5 heteroatoms. The first kappa shape index (κ1) is 10.7. The van der Waals surface area contributed by atoms with Crippen molar-refractivity contribution in [2.45, 2.75) is 19.3 Å². The van der Waals surface area contributed by atoms with Crippen molar-refractivity contribution in [3.05, 3.63) is 24.3 Å². The summed E-state index contributed by atoms with van der Waals surface area (Å²) in [6.07, 6.45) is 2.62. The summed E-state index contributed by atoms with van der Waals surface area (Å²) in [4.78, 5) is 33.3. The number of carbonyl (C=O) groups excluding carboxylic acids is 2. The number of benzene rings is 1. The van der Waals surface area contributed by atoms with E-state index in [1.807, 2.05) is 24.3 Å². The van der Waals surface area contributed by atoms with Gasteiger partial charge in [0.25, 0.3) is 0 Å². The molecular formula is C14H13N3O2. The molecule has 1 N–H and O–H groups in total. The fraction of sp³-hybridized carbons (Fsp3) is 0.357. The second kappa shape index (κ2) is 3.66. The molecule has 2 fully saturated rings. The molecule has 2 atom stereocenters. The summed E-state index contributed by atoms with van der Waals surface area (Å²) in [5, 5.41) is 0. The molecule has 1 saturated carbocycles. The fourth-order valence-electron chi connectivity index (χ4n) is 3.25. The SMILES string of the molecule is O=C1C2CCCC2C(=O)N1c1nc2ccccc2[nH]1. The van der Waals surface area contributed by atoms with Crippen molar-refractivity contribution in [3.8, 4) is 0 Å². The second-order valence-electron chi connectivity index (χ2n) is 5.23. The molecule has 2 unspecified atom stereocenters. The highest BCUT2D eigenvalue weighted by Gasteiger charge is 2.51. The summed E-state index contributed by atoms with van der Waals surface area (Å²) in [5.41, 5.74) is 1.62. The van der Waals surface area contributed by atoms with Crippen molar-refractivity contribution in [2.75, 3.05) is 4.90 Å². The number of aromatic amines is 1. The van der Waals surface area contributed by atoms with Crippen LogP contribution >= 0.6 is 0 Å². The van der Waals surface area contributed by atoms with E-state index in [1.54, 1.807) is 0 Å². The number of nitrogens with zero attached hydrogens (tertiary/aromatic N) is 2. The molecule has 5 nitrogen and oxygen atoms in total. The fourth-order valence-corrected chi connectivity index (χ4v) is 3.25. The molecule has 19 heavy (non-hydrogen) atoms. The van der Waals surface area contributed by atoms with Crippen molar-refractivity contribution in [1.82, 2.24) is 9.97 Å². The Kier molecular flexibility index (Phi) is 2.07. The molecule has 1 aliphatic carbocycles. The van der Waals surface area contributed by atoms with Crippen LogP contribution < -0.4 is 4.90 Å². The zero-order valence-electron chi connectivity index (χ0n) is 10.3. The smallest absolute Gasteiger partial charge is 0.240 e. The highest BCUT2D eigenvalue weighted by molar-refractivity contribution is 6.21. The maximum atomic E-state index is 12.3. The first-order valence-corrected chi connectivity index (χ1v) is 6.58. The van der Waals surface area contributed by atoms with Crippen LogP contribution in [0.4, 0.5) is 5.95 Å². The predicted molar refractivity (Wildman–Crippen MR) is 69.4 cm³/mol. The van der Waals surface area contributed by atoms with Crippen LogP contribution in [0.3, 0.4) is 0 Å². The van der Waals surface area contributed by atoms with Crippen molar-refractivity contribution in [1.29, 1.82) is 0 Å².